The summed E-state index contributed by atoms with van der Waals surface area (Å²) in [6.07, 6.45) is 6.19. The Hall–Kier alpha value is -3.18. The minimum absolute atomic E-state index is 0.0335. The lowest BCUT2D eigenvalue weighted by molar-refractivity contribution is -0.384. The molecule has 0 radical (unpaired) electrons. The Morgan fingerprint density at radius 3 is 2.33 bits per heavy atom. The smallest absolute Gasteiger partial charge is 0.271 e. The third-order valence-electron chi connectivity index (χ3n) is 6.96. The van der Waals surface area contributed by atoms with Crippen molar-refractivity contribution < 1.29 is 22.9 Å². The van der Waals surface area contributed by atoms with E-state index in [9.17, 15) is 28.1 Å². The molecular formula is C27H35ClN4O6S. The zero-order valence-corrected chi connectivity index (χ0v) is 24.0. The molecule has 2 amide bonds. The van der Waals surface area contributed by atoms with Gasteiger partial charge in [-0.2, -0.15) is 0 Å². The van der Waals surface area contributed by atoms with Crippen molar-refractivity contribution in [3.8, 4) is 0 Å². The molecule has 1 saturated carbocycles. The fraction of sp³-hybridized carbons (Fsp3) is 0.481. The van der Waals surface area contributed by atoms with Crippen LogP contribution in [0.5, 0.6) is 0 Å². The maximum Gasteiger partial charge on any atom is 0.271 e. The zero-order chi connectivity index (χ0) is 28.7. The molecule has 2 aromatic carbocycles. The monoisotopic (exact) mass is 578 g/mol. The van der Waals surface area contributed by atoms with Crippen LogP contribution in [0.4, 0.5) is 11.4 Å². The number of rotatable bonds is 11. The molecular weight excluding hydrogens is 544 g/mol. The van der Waals surface area contributed by atoms with Crippen molar-refractivity contribution in [3.63, 3.8) is 0 Å². The molecule has 0 bridgehead atoms. The van der Waals surface area contributed by atoms with E-state index >= 15 is 0 Å². The van der Waals surface area contributed by atoms with Crippen LogP contribution in [-0.4, -0.2) is 54.9 Å². The van der Waals surface area contributed by atoms with Gasteiger partial charge in [0.15, 0.2) is 0 Å². The van der Waals surface area contributed by atoms with Gasteiger partial charge < -0.3 is 10.2 Å². The number of nitro groups is 1. The number of halogens is 1. The molecule has 3 rings (SSSR count). The van der Waals surface area contributed by atoms with Crippen LogP contribution in [0, 0.1) is 17.0 Å². The number of carbonyl (C=O) groups is 2. The van der Waals surface area contributed by atoms with Gasteiger partial charge in [0.1, 0.15) is 12.6 Å². The van der Waals surface area contributed by atoms with Gasteiger partial charge in [0.25, 0.3) is 5.69 Å². The fourth-order valence-electron chi connectivity index (χ4n) is 4.83. The standard InChI is InChI=1S/C27H35ClN4O6S/c1-4-24(27(34)29-22-8-6-5-7-9-22)30(17-20-11-13-21(28)14-12-20)26(33)18-31(39(3,37)38)25-16-23(32(35)36)15-10-19(25)2/h10-16,22,24H,4-9,17-18H2,1-3H3,(H,29,34)/t24-/m0/s1. The number of hydrogen-bond donors (Lipinski definition) is 1. The van der Waals surface area contributed by atoms with Gasteiger partial charge in [-0.15, -0.1) is 0 Å². The summed E-state index contributed by atoms with van der Waals surface area (Å²) < 4.78 is 26.6. The average molecular weight is 579 g/mol. The van der Waals surface area contributed by atoms with E-state index in [1.807, 2.05) is 0 Å². The van der Waals surface area contributed by atoms with Gasteiger partial charge in [0.05, 0.1) is 16.9 Å². The molecule has 212 valence electrons. The number of benzene rings is 2. The van der Waals surface area contributed by atoms with E-state index in [-0.39, 0.29) is 29.9 Å². The van der Waals surface area contributed by atoms with E-state index in [1.165, 1.54) is 17.0 Å². The molecule has 2 aromatic rings. The Bertz CT molecular complexity index is 1300. The number of nitrogens with zero attached hydrogens (tertiary/aromatic N) is 3. The SMILES string of the molecule is CC[C@@H](C(=O)NC1CCCCC1)N(Cc1ccc(Cl)cc1)C(=O)CN(c1cc([N+](=O)[O-])ccc1C)S(C)(=O)=O. The quantitative estimate of drug-likeness (QED) is 0.307. The number of hydrogen-bond acceptors (Lipinski definition) is 6. The van der Waals surface area contributed by atoms with Gasteiger partial charge in [-0.05, 0) is 49.4 Å². The Morgan fingerprint density at radius 1 is 1.13 bits per heavy atom. The molecule has 0 aromatic heterocycles. The largest absolute Gasteiger partial charge is 0.352 e. The second-order valence-corrected chi connectivity index (χ2v) is 12.3. The van der Waals surface area contributed by atoms with Crippen LogP contribution in [0.2, 0.25) is 5.02 Å². The summed E-state index contributed by atoms with van der Waals surface area (Å²) in [6.45, 7) is 2.84. The summed E-state index contributed by atoms with van der Waals surface area (Å²) in [5.41, 5.74) is 0.901. The number of sulfonamides is 1. The highest BCUT2D eigenvalue weighted by Crippen LogP contribution is 2.28. The normalized spacial score (nSPS) is 14.9. The van der Waals surface area contributed by atoms with Gasteiger partial charge in [-0.1, -0.05) is 56.0 Å². The van der Waals surface area contributed by atoms with Crippen molar-refractivity contribution in [2.24, 2.45) is 0 Å². The van der Waals surface area contributed by atoms with Crippen molar-refractivity contribution in [2.75, 3.05) is 17.1 Å². The molecule has 1 aliphatic carbocycles. The Kier molecular flexibility index (Phi) is 10.3. The Morgan fingerprint density at radius 2 is 1.77 bits per heavy atom. The minimum atomic E-state index is -4.02. The van der Waals surface area contributed by atoms with Crippen LogP contribution in [0.25, 0.3) is 0 Å². The van der Waals surface area contributed by atoms with E-state index in [0.717, 1.165) is 48.7 Å². The first-order chi connectivity index (χ1) is 18.4. The molecule has 1 aliphatic rings. The number of amides is 2. The molecule has 1 atom stereocenters. The summed E-state index contributed by atoms with van der Waals surface area (Å²) in [4.78, 5) is 39.4. The molecule has 1 N–H and O–H groups in total. The lowest BCUT2D eigenvalue weighted by atomic mass is 9.95. The minimum Gasteiger partial charge on any atom is -0.352 e. The third kappa shape index (κ3) is 8.15. The highest BCUT2D eigenvalue weighted by Gasteiger charge is 2.33. The van der Waals surface area contributed by atoms with Crippen molar-refractivity contribution in [1.29, 1.82) is 0 Å². The van der Waals surface area contributed by atoms with Gasteiger partial charge >= 0.3 is 0 Å². The molecule has 0 spiro atoms. The average Bonchev–Trinajstić information content (AvgIpc) is 2.88. The number of anilines is 1. The second kappa shape index (κ2) is 13.3. The summed E-state index contributed by atoms with van der Waals surface area (Å²) in [5, 5.41) is 15.0. The highest BCUT2D eigenvalue weighted by molar-refractivity contribution is 7.92. The first kappa shape index (κ1) is 30.4. The van der Waals surface area contributed by atoms with E-state index in [2.05, 4.69) is 5.32 Å². The summed E-state index contributed by atoms with van der Waals surface area (Å²) in [5.74, 6) is -0.893. The van der Waals surface area contributed by atoms with Crippen LogP contribution in [-0.2, 0) is 26.2 Å². The highest BCUT2D eigenvalue weighted by atomic mass is 35.5. The van der Waals surface area contributed by atoms with E-state index in [1.54, 1.807) is 38.1 Å². The first-order valence-corrected chi connectivity index (χ1v) is 15.2. The third-order valence-corrected chi connectivity index (χ3v) is 8.33. The maximum absolute atomic E-state index is 13.9. The summed E-state index contributed by atoms with van der Waals surface area (Å²) in [7, 11) is -4.02. The van der Waals surface area contributed by atoms with Crippen LogP contribution >= 0.6 is 11.6 Å². The van der Waals surface area contributed by atoms with Crippen LogP contribution in [0.3, 0.4) is 0 Å². The molecule has 0 aliphatic heterocycles. The van der Waals surface area contributed by atoms with Gasteiger partial charge in [0.2, 0.25) is 21.8 Å². The van der Waals surface area contributed by atoms with Crippen molar-refractivity contribution in [1.82, 2.24) is 10.2 Å². The van der Waals surface area contributed by atoms with Crippen molar-refractivity contribution in [2.45, 2.75) is 71.0 Å². The van der Waals surface area contributed by atoms with Crippen molar-refractivity contribution >= 4 is 44.8 Å². The molecule has 0 saturated heterocycles. The number of nitrogens with one attached hydrogen (secondary N) is 1. The zero-order valence-electron chi connectivity index (χ0n) is 22.4. The van der Waals surface area contributed by atoms with Crippen LogP contribution in [0.15, 0.2) is 42.5 Å². The predicted octanol–water partition coefficient (Wildman–Crippen LogP) is 4.58. The molecule has 10 nitrogen and oxygen atoms in total. The van der Waals surface area contributed by atoms with Crippen molar-refractivity contribution in [3.05, 3.63) is 68.7 Å². The summed E-state index contributed by atoms with van der Waals surface area (Å²) in [6, 6.07) is 9.89. The fourth-order valence-corrected chi connectivity index (χ4v) is 5.85. The summed E-state index contributed by atoms with van der Waals surface area (Å²) >= 11 is 6.03. The van der Waals surface area contributed by atoms with Gasteiger partial charge in [-0.3, -0.25) is 24.0 Å². The number of carbonyl (C=O) groups excluding carboxylic acids is 2. The Labute approximate surface area is 234 Å². The number of nitro benzene ring substituents is 1. The molecule has 12 heteroatoms. The van der Waals surface area contributed by atoms with Crippen LogP contribution in [0.1, 0.15) is 56.6 Å². The topological polar surface area (TPSA) is 130 Å². The lowest BCUT2D eigenvalue weighted by Gasteiger charge is -2.34. The number of aryl methyl sites for hydroxylation is 1. The predicted molar refractivity (Wildman–Crippen MR) is 151 cm³/mol. The van der Waals surface area contributed by atoms with Gasteiger partial charge in [-0.25, -0.2) is 8.42 Å². The molecule has 0 heterocycles. The molecule has 1 fully saturated rings. The van der Waals surface area contributed by atoms with E-state index < -0.39 is 33.4 Å². The van der Waals surface area contributed by atoms with E-state index in [4.69, 9.17) is 11.6 Å². The molecule has 39 heavy (non-hydrogen) atoms. The van der Waals surface area contributed by atoms with Gasteiger partial charge in [0, 0.05) is 29.7 Å². The van der Waals surface area contributed by atoms with Crippen LogP contribution < -0.4 is 9.62 Å². The second-order valence-electron chi connectivity index (χ2n) is 9.91. The Balaban J connectivity index is 1.97. The first-order valence-electron chi connectivity index (χ1n) is 13.0. The maximum atomic E-state index is 13.9. The lowest BCUT2D eigenvalue weighted by Crippen LogP contribution is -2.54. The molecule has 0 unspecified atom stereocenters. The number of non-ortho nitro benzene ring substituents is 1. The van der Waals surface area contributed by atoms with E-state index in [0.29, 0.717) is 22.6 Å².